The van der Waals surface area contributed by atoms with Crippen molar-refractivity contribution in [2.75, 3.05) is 12.0 Å². The number of aliphatic hydroxyl groups excluding tert-OH is 3. The van der Waals surface area contributed by atoms with Crippen molar-refractivity contribution in [3.63, 3.8) is 0 Å². The Balaban J connectivity index is 1.95. The van der Waals surface area contributed by atoms with E-state index in [1.807, 2.05) is 0 Å². The summed E-state index contributed by atoms with van der Waals surface area (Å²) in [5.74, 6) is 0.343. The average Bonchev–Trinajstić information content (AvgIpc) is 2.83. The van der Waals surface area contributed by atoms with Gasteiger partial charge in [-0.25, -0.2) is 24.8 Å². The van der Waals surface area contributed by atoms with Crippen LogP contribution in [-0.2, 0) is 4.74 Å². The van der Waals surface area contributed by atoms with Crippen LogP contribution in [0.15, 0.2) is 21.5 Å². The minimum Gasteiger partial charge on any atom is -0.394 e. The maximum Gasteiger partial charge on any atom is 0.353 e. The van der Waals surface area contributed by atoms with Gasteiger partial charge in [-0.3, -0.25) is 0 Å². The van der Waals surface area contributed by atoms with Crippen molar-refractivity contribution in [3.8, 4) is 0 Å². The summed E-state index contributed by atoms with van der Waals surface area (Å²) >= 11 is 0. The number of anilines is 1. The van der Waals surface area contributed by atoms with Crippen LogP contribution in [-0.4, -0.2) is 59.8 Å². The molecular formula is C11H11N7O5. The van der Waals surface area contributed by atoms with Crippen LogP contribution in [0.3, 0.4) is 0 Å². The van der Waals surface area contributed by atoms with Crippen LogP contribution in [0.5, 0.6) is 0 Å². The second-order valence-corrected chi connectivity index (χ2v) is 5.05. The van der Waals surface area contributed by atoms with Gasteiger partial charge in [-0.15, -0.1) is 5.11 Å². The lowest BCUT2D eigenvalue weighted by molar-refractivity contribution is -0.0529. The van der Waals surface area contributed by atoms with Gasteiger partial charge in [0.05, 0.1) is 6.61 Å². The number of ether oxygens (including phenoxy) is 1. The number of aromatic nitrogens is 4. The van der Waals surface area contributed by atoms with E-state index in [1.165, 1.54) is 6.33 Å². The summed E-state index contributed by atoms with van der Waals surface area (Å²) in [6, 6.07) is 0. The fourth-order valence-corrected chi connectivity index (χ4v) is 2.66. The van der Waals surface area contributed by atoms with E-state index >= 15 is 0 Å². The summed E-state index contributed by atoms with van der Waals surface area (Å²) in [6.07, 6.45) is -3.88. The molecule has 1 fully saturated rings. The van der Waals surface area contributed by atoms with Crippen LogP contribution < -0.4 is 11.1 Å². The summed E-state index contributed by atoms with van der Waals surface area (Å²) in [7, 11) is 0. The molecule has 4 N–H and O–H groups in total. The van der Waals surface area contributed by atoms with Crippen LogP contribution in [0.4, 0.5) is 11.6 Å². The molecule has 0 radical (unpaired) electrons. The molecule has 0 saturated carbocycles. The molecule has 2 aliphatic heterocycles. The van der Waals surface area contributed by atoms with Crippen LogP contribution in [0.2, 0.25) is 0 Å². The average molecular weight is 321 g/mol. The molecule has 0 bridgehead atoms. The van der Waals surface area contributed by atoms with Gasteiger partial charge in [0.2, 0.25) is 0 Å². The Morgan fingerprint density at radius 2 is 2.13 bits per heavy atom. The summed E-state index contributed by atoms with van der Waals surface area (Å²) in [5.41, 5.74) is 1.84. The van der Waals surface area contributed by atoms with E-state index in [0.717, 1.165) is 4.57 Å². The molecule has 120 valence electrons. The van der Waals surface area contributed by atoms with Crippen molar-refractivity contribution in [3.05, 3.63) is 16.8 Å². The minimum atomic E-state index is -1.43. The lowest BCUT2D eigenvalue weighted by Crippen LogP contribution is -2.36. The maximum atomic E-state index is 12.3. The van der Waals surface area contributed by atoms with Crippen molar-refractivity contribution < 1.29 is 20.1 Å². The predicted molar refractivity (Wildman–Crippen MR) is 72.7 cm³/mol. The summed E-state index contributed by atoms with van der Waals surface area (Å²) in [5, 5.41) is 36.9. The maximum absolute atomic E-state index is 12.3. The zero-order valence-corrected chi connectivity index (χ0v) is 11.4. The third-order valence-electron chi connectivity index (χ3n) is 3.76. The van der Waals surface area contributed by atoms with Gasteiger partial charge < -0.3 is 20.1 Å². The van der Waals surface area contributed by atoms with Gasteiger partial charge in [0.15, 0.2) is 23.5 Å². The molecule has 4 heterocycles. The highest BCUT2D eigenvalue weighted by molar-refractivity contribution is 5.95. The molecule has 12 nitrogen and oxygen atoms in total. The molecule has 12 heteroatoms. The molecule has 4 unspecified atom stereocenters. The standard InChI is InChI=1S/C11H11N7O5/c19-1-3-5(20)6(21)10(23-3)18-9-4-7(12-2-13-9)15-17-16-8(4)14-11(18)22/h2-3,5-6,10,19-21H,1H2,(H,12,13,14,15,16,22). The van der Waals surface area contributed by atoms with Crippen molar-refractivity contribution >= 4 is 22.7 Å². The van der Waals surface area contributed by atoms with Crippen molar-refractivity contribution in [1.82, 2.24) is 19.5 Å². The Morgan fingerprint density at radius 3 is 2.87 bits per heavy atom. The molecule has 0 spiro atoms. The summed E-state index contributed by atoms with van der Waals surface area (Å²) < 4.78 is 6.38. The highest BCUT2D eigenvalue weighted by Gasteiger charge is 2.44. The fraction of sp³-hybridized carbons (Fsp3) is 0.455. The van der Waals surface area contributed by atoms with Gasteiger partial charge in [0, 0.05) is 0 Å². The van der Waals surface area contributed by atoms with E-state index in [9.17, 15) is 20.1 Å². The second kappa shape index (κ2) is 4.99. The third-order valence-corrected chi connectivity index (χ3v) is 3.76. The Kier molecular flexibility index (Phi) is 3.05. The van der Waals surface area contributed by atoms with Crippen molar-refractivity contribution in [2.45, 2.75) is 24.5 Å². The number of hydrogen-bond acceptors (Lipinski definition) is 11. The Hall–Kier alpha value is -2.54. The number of nitrogens with one attached hydrogen (secondary N) is 1. The van der Waals surface area contributed by atoms with E-state index in [1.54, 1.807) is 0 Å². The second-order valence-electron chi connectivity index (χ2n) is 5.05. The van der Waals surface area contributed by atoms with Gasteiger partial charge >= 0.3 is 5.69 Å². The van der Waals surface area contributed by atoms with Crippen LogP contribution in [0, 0.1) is 0 Å². The van der Waals surface area contributed by atoms with Gasteiger partial charge in [-0.05, 0) is 0 Å². The summed E-state index contributed by atoms with van der Waals surface area (Å²) in [4.78, 5) is 24.1. The quantitative estimate of drug-likeness (QED) is 0.500. The molecule has 0 aromatic carbocycles. The highest BCUT2D eigenvalue weighted by Crippen LogP contribution is 2.34. The van der Waals surface area contributed by atoms with E-state index in [0.29, 0.717) is 5.39 Å². The molecule has 2 aliphatic rings. The molecule has 2 aromatic heterocycles. The first kappa shape index (κ1) is 14.1. The van der Waals surface area contributed by atoms with Crippen LogP contribution >= 0.6 is 0 Å². The number of nitrogens with zero attached hydrogens (tertiary/aromatic N) is 6. The Bertz CT molecular complexity index is 868. The van der Waals surface area contributed by atoms with Crippen LogP contribution in [0.25, 0.3) is 11.0 Å². The number of rotatable bonds is 2. The van der Waals surface area contributed by atoms with E-state index in [2.05, 4.69) is 30.7 Å². The fourth-order valence-electron chi connectivity index (χ4n) is 2.66. The number of aliphatic hydroxyl groups is 3. The molecule has 0 aliphatic carbocycles. The minimum absolute atomic E-state index is 0.117. The molecule has 4 atom stereocenters. The molecule has 2 aromatic rings. The first-order valence-electron chi connectivity index (χ1n) is 6.68. The monoisotopic (exact) mass is 321 g/mol. The normalized spacial score (nSPS) is 29.0. The molecule has 4 rings (SSSR count). The van der Waals surface area contributed by atoms with Gasteiger partial charge in [-0.2, -0.15) is 4.98 Å². The summed E-state index contributed by atoms with van der Waals surface area (Å²) in [6.45, 7) is -0.511. The van der Waals surface area contributed by atoms with Crippen molar-refractivity contribution in [1.29, 1.82) is 0 Å². The predicted octanol–water partition coefficient (Wildman–Crippen LogP) is -1.78. The zero-order chi connectivity index (χ0) is 16.1. The molecule has 23 heavy (non-hydrogen) atoms. The Labute approximate surface area is 127 Å². The van der Waals surface area contributed by atoms with E-state index < -0.39 is 36.8 Å². The Morgan fingerprint density at radius 1 is 1.30 bits per heavy atom. The van der Waals surface area contributed by atoms with Gasteiger partial charge in [-0.1, -0.05) is 5.22 Å². The van der Waals surface area contributed by atoms with Gasteiger partial charge in [0.1, 0.15) is 30.0 Å². The van der Waals surface area contributed by atoms with E-state index in [4.69, 9.17) is 4.74 Å². The lowest BCUT2D eigenvalue weighted by atomic mass is 10.1. The molecular weight excluding hydrogens is 310 g/mol. The SMILES string of the molecule is O=c1nc2c3c(ncnc3n1C1OC(CO)C(O)C1O)N=NN2. The highest BCUT2D eigenvalue weighted by atomic mass is 16.6. The van der Waals surface area contributed by atoms with E-state index in [-0.39, 0.29) is 17.3 Å². The lowest BCUT2D eigenvalue weighted by Gasteiger charge is -2.20. The largest absolute Gasteiger partial charge is 0.394 e. The van der Waals surface area contributed by atoms with Gasteiger partial charge in [0.25, 0.3) is 0 Å². The van der Waals surface area contributed by atoms with Crippen LogP contribution in [0.1, 0.15) is 6.23 Å². The van der Waals surface area contributed by atoms with Crippen molar-refractivity contribution in [2.24, 2.45) is 10.3 Å². The molecule has 0 amide bonds. The third kappa shape index (κ3) is 1.93. The number of hydrogen-bond donors (Lipinski definition) is 4. The first-order chi connectivity index (χ1) is 11.1. The topological polar surface area (TPSA) is 167 Å². The molecule has 1 saturated heterocycles. The smallest absolute Gasteiger partial charge is 0.353 e. The first-order valence-corrected chi connectivity index (χ1v) is 6.68. The zero-order valence-electron chi connectivity index (χ0n) is 11.4.